The van der Waals surface area contributed by atoms with Crippen molar-refractivity contribution in [2.75, 3.05) is 5.75 Å². The molecule has 1 N–H and O–H groups in total. The van der Waals surface area contributed by atoms with E-state index in [1.54, 1.807) is 20.8 Å². The summed E-state index contributed by atoms with van der Waals surface area (Å²) in [6.07, 6.45) is 6.57. The van der Waals surface area contributed by atoms with E-state index in [-0.39, 0.29) is 5.75 Å². The second-order valence-corrected chi connectivity index (χ2v) is 9.43. The van der Waals surface area contributed by atoms with Gasteiger partial charge in [0, 0.05) is 16.7 Å². The second-order valence-electron chi connectivity index (χ2n) is 6.61. The minimum Gasteiger partial charge on any atom is -0.444 e. The van der Waals surface area contributed by atoms with Gasteiger partial charge >= 0.3 is 6.09 Å². The molecule has 0 aromatic rings. The smallest absolute Gasteiger partial charge is 0.407 e. The molecule has 0 bridgehead atoms. The molecule has 0 aliphatic rings. The molecule has 0 rings (SSSR count). The molecule has 0 aromatic heterocycles. The van der Waals surface area contributed by atoms with Gasteiger partial charge in [0.1, 0.15) is 5.60 Å². The van der Waals surface area contributed by atoms with Crippen LogP contribution in [0.5, 0.6) is 0 Å². The lowest BCUT2D eigenvalue weighted by Crippen LogP contribution is -2.42. The first kappa shape index (κ1) is 21.5. The zero-order valence-corrected chi connectivity index (χ0v) is 15.7. The zero-order valence-electron chi connectivity index (χ0n) is 14.2. The lowest BCUT2D eigenvalue weighted by Gasteiger charge is -2.23. The predicted octanol–water partition coefficient (Wildman–Crippen LogP) is 4.20. The minimum atomic E-state index is -3.66. The van der Waals surface area contributed by atoms with E-state index in [4.69, 9.17) is 15.4 Å². The maximum absolute atomic E-state index is 11.8. The maximum Gasteiger partial charge on any atom is 0.407 e. The van der Waals surface area contributed by atoms with Crippen LogP contribution in [0.1, 0.15) is 72.6 Å². The van der Waals surface area contributed by atoms with Gasteiger partial charge in [-0.15, -0.1) is 0 Å². The molecule has 0 saturated carbocycles. The van der Waals surface area contributed by atoms with Crippen LogP contribution >= 0.6 is 10.7 Å². The molecule has 0 saturated heterocycles. The van der Waals surface area contributed by atoms with Crippen molar-refractivity contribution in [1.82, 2.24) is 5.32 Å². The Morgan fingerprint density at radius 3 is 2.18 bits per heavy atom. The van der Waals surface area contributed by atoms with Crippen LogP contribution in [-0.4, -0.2) is 31.9 Å². The molecule has 22 heavy (non-hydrogen) atoms. The van der Waals surface area contributed by atoms with Gasteiger partial charge in [-0.3, -0.25) is 0 Å². The monoisotopic (exact) mass is 355 g/mol. The third-order valence-corrected chi connectivity index (χ3v) is 4.21. The first-order chi connectivity index (χ1) is 10.0. The van der Waals surface area contributed by atoms with Gasteiger partial charge in [-0.05, 0) is 27.2 Å². The van der Waals surface area contributed by atoms with E-state index in [0.29, 0.717) is 6.42 Å². The molecule has 0 fully saturated rings. The van der Waals surface area contributed by atoms with Crippen LogP contribution in [-0.2, 0) is 13.8 Å². The number of nitrogens with one attached hydrogen (secondary N) is 1. The van der Waals surface area contributed by atoms with Crippen LogP contribution in [0.2, 0.25) is 0 Å². The summed E-state index contributed by atoms with van der Waals surface area (Å²) in [6.45, 7) is 7.43. The molecule has 0 spiro atoms. The molecular formula is C15H30ClNO4S. The molecule has 1 amide bonds. The molecule has 0 aromatic carbocycles. The summed E-state index contributed by atoms with van der Waals surface area (Å²) in [6, 6.07) is -0.511. The Kier molecular flexibility index (Phi) is 10.1. The quantitative estimate of drug-likeness (QED) is 0.471. The number of halogens is 1. The highest BCUT2D eigenvalue weighted by atomic mass is 35.7. The summed E-state index contributed by atoms with van der Waals surface area (Å²) in [5, 5.41) is 2.61. The van der Waals surface area contributed by atoms with Gasteiger partial charge in [0.25, 0.3) is 0 Å². The van der Waals surface area contributed by atoms with E-state index < -0.39 is 26.8 Å². The third kappa shape index (κ3) is 14.4. The zero-order chi connectivity index (χ0) is 17.2. The first-order valence-corrected chi connectivity index (χ1v) is 10.4. The summed E-state index contributed by atoms with van der Waals surface area (Å²) < 4.78 is 27.7. The van der Waals surface area contributed by atoms with Crippen molar-refractivity contribution >= 4 is 25.8 Å². The number of alkyl carbamates (subject to hydrolysis) is 1. The highest BCUT2D eigenvalue weighted by Crippen LogP contribution is 2.13. The Labute approximate surface area is 139 Å². The van der Waals surface area contributed by atoms with Gasteiger partial charge in [0.2, 0.25) is 9.05 Å². The minimum absolute atomic E-state index is 0.275. The van der Waals surface area contributed by atoms with Crippen LogP contribution in [0.15, 0.2) is 0 Å². The van der Waals surface area contributed by atoms with Crippen molar-refractivity contribution in [2.45, 2.75) is 84.3 Å². The molecule has 0 heterocycles. The Hall–Kier alpha value is -0.490. The molecule has 0 radical (unpaired) electrons. The van der Waals surface area contributed by atoms with E-state index in [9.17, 15) is 13.2 Å². The van der Waals surface area contributed by atoms with E-state index >= 15 is 0 Å². The topological polar surface area (TPSA) is 72.5 Å². The molecule has 132 valence electrons. The second kappa shape index (κ2) is 10.3. The molecule has 5 nitrogen and oxygen atoms in total. The Balaban J connectivity index is 4.30. The third-order valence-electron chi connectivity index (χ3n) is 3.03. The maximum atomic E-state index is 11.8. The Morgan fingerprint density at radius 2 is 1.68 bits per heavy atom. The van der Waals surface area contributed by atoms with Gasteiger partial charge in [0.15, 0.2) is 0 Å². The van der Waals surface area contributed by atoms with E-state index in [2.05, 4.69) is 12.2 Å². The standard InChI is InChI=1S/C15H30ClNO4S/c1-5-6-7-8-9-10-11-13(12-22(16,19)20)17-14(18)21-15(2,3)4/h13H,5-12H2,1-4H3,(H,17,18). The van der Waals surface area contributed by atoms with Crippen molar-refractivity contribution in [3.05, 3.63) is 0 Å². The highest BCUT2D eigenvalue weighted by molar-refractivity contribution is 8.13. The summed E-state index contributed by atoms with van der Waals surface area (Å²) in [4.78, 5) is 11.8. The SMILES string of the molecule is CCCCCCCCC(CS(=O)(=O)Cl)NC(=O)OC(C)(C)C. The number of carbonyl (C=O) groups excluding carboxylic acids is 1. The van der Waals surface area contributed by atoms with Crippen LogP contribution < -0.4 is 5.32 Å². The van der Waals surface area contributed by atoms with Crippen molar-refractivity contribution in [1.29, 1.82) is 0 Å². The molecule has 0 aliphatic carbocycles. The molecule has 7 heteroatoms. The van der Waals surface area contributed by atoms with Gasteiger partial charge in [-0.1, -0.05) is 45.4 Å². The van der Waals surface area contributed by atoms with Gasteiger partial charge in [-0.2, -0.15) is 0 Å². The number of amides is 1. The van der Waals surface area contributed by atoms with Gasteiger partial charge < -0.3 is 10.1 Å². The molecule has 1 unspecified atom stereocenters. The van der Waals surface area contributed by atoms with Gasteiger partial charge in [0.05, 0.1) is 5.75 Å². The number of ether oxygens (including phenoxy) is 1. The Bertz CT molecular complexity index is 418. The number of hydrogen-bond donors (Lipinski definition) is 1. The fourth-order valence-electron chi connectivity index (χ4n) is 2.08. The van der Waals surface area contributed by atoms with Crippen molar-refractivity contribution in [3.63, 3.8) is 0 Å². The largest absolute Gasteiger partial charge is 0.444 e. The van der Waals surface area contributed by atoms with Crippen molar-refractivity contribution in [2.24, 2.45) is 0 Å². The fourth-order valence-corrected chi connectivity index (χ4v) is 3.27. The van der Waals surface area contributed by atoms with Crippen LogP contribution in [0, 0.1) is 0 Å². The lowest BCUT2D eigenvalue weighted by atomic mass is 10.1. The first-order valence-electron chi connectivity index (χ1n) is 7.95. The van der Waals surface area contributed by atoms with Crippen LogP contribution in [0.25, 0.3) is 0 Å². The van der Waals surface area contributed by atoms with Crippen LogP contribution in [0.3, 0.4) is 0 Å². The number of unbranched alkanes of at least 4 members (excludes halogenated alkanes) is 5. The summed E-state index contributed by atoms with van der Waals surface area (Å²) in [5.41, 5.74) is -0.616. The number of carbonyl (C=O) groups is 1. The van der Waals surface area contributed by atoms with E-state index in [1.165, 1.54) is 19.3 Å². The molecule has 1 atom stereocenters. The van der Waals surface area contributed by atoms with Crippen molar-refractivity contribution < 1.29 is 17.9 Å². The van der Waals surface area contributed by atoms with E-state index in [0.717, 1.165) is 19.3 Å². The van der Waals surface area contributed by atoms with Crippen molar-refractivity contribution in [3.8, 4) is 0 Å². The van der Waals surface area contributed by atoms with Gasteiger partial charge in [-0.25, -0.2) is 13.2 Å². The summed E-state index contributed by atoms with van der Waals surface area (Å²) >= 11 is 0. The average molecular weight is 356 g/mol. The Morgan fingerprint density at radius 1 is 1.14 bits per heavy atom. The highest BCUT2D eigenvalue weighted by Gasteiger charge is 2.22. The summed E-state index contributed by atoms with van der Waals surface area (Å²) in [5.74, 6) is -0.275. The number of rotatable bonds is 10. The predicted molar refractivity (Wildman–Crippen MR) is 90.8 cm³/mol. The lowest BCUT2D eigenvalue weighted by molar-refractivity contribution is 0.0506. The fraction of sp³-hybridized carbons (Fsp3) is 0.933. The van der Waals surface area contributed by atoms with Crippen LogP contribution in [0.4, 0.5) is 4.79 Å². The molecular weight excluding hydrogens is 326 g/mol. The summed E-state index contributed by atoms with van der Waals surface area (Å²) in [7, 11) is 1.64. The normalized spacial score (nSPS) is 13.7. The average Bonchev–Trinajstić information content (AvgIpc) is 2.28. The molecule has 0 aliphatic heterocycles. The number of hydrogen-bond acceptors (Lipinski definition) is 4. The van der Waals surface area contributed by atoms with E-state index in [1.807, 2.05) is 0 Å².